The normalized spacial score (nSPS) is 15.4. The largest absolute Gasteiger partial charge is 0.410 e. The van der Waals surface area contributed by atoms with Crippen LogP contribution in [0.5, 0.6) is 0 Å². The first-order valence-electron chi connectivity index (χ1n) is 5.90. The van der Waals surface area contributed by atoms with Crippen LogP contribution in [0.4, 0.5) is 0 Å². The predicted molar refractivity (Wildman–Crippen MR) is 72.2 cm³/mol. The molecule has 0 heterocycles. The number of rotatable bonds is 5. The van der Waals surface area contributed by atoms with Crippen LogP contribution in [0.2, 0.25) is 18.1 Å². The Morgan fingerprint density at radius 2 is 1.88 bits per heavy atom. The molecule has 16 heavy (non-hydrogen) atoms. The summed E-state index contributed by atoms with van der Waals surface area (Å²) in [7, 11) is -1.78. The zero-order valence-corrected chi connectivity index (χ0v) is 12.8. The number of ketones is 1. The first-order chi connectivity index (χ1) is 7.10. The molecule has 0 unspecified atom stereocenters. The third-order valence-electron chi connectivity index (χ3n) is 3.15. The maximum absolute atomic E-state index is 11.2. The van der Waals surface area contributed by atoms with Gasteiger partial charge in [-0.25, -0.2) is 0 Å². The average Bonchev–Trinajstić information content (AvgIpc) is 1.99. The van der Waals surface area contributed by atoms with Crippen LogP contribution in [0, 0.1) is 0 Å². The van der Waals surface area contributed by atoms with Gasteiger partial charge in [-0.05, 0) is 32.0 Å². The van der Waals surface area contributed by atoms with Gasteiger partial charge in [0.1, 0.15) is 5.78 Å². The van der Waals surface area contributed by atoms with Crippen LogP contribution in [0.25, 0.3) is 0 Å². The molecule has 0 saturated heterocycles. The lowest BCUT2D eigenvalue weighted by atomic mass is 10.2. The second-order valence-electron chi connectivity index (χ2n) is 5.85. The van der Waals surface area contributed by atoms with Crippen LogP contribution >= 0.6 is 0 Å². The zero-order valence-electron chi connectivity index (χ0n) is 11.8. The van der Waals surface area contributed by atoms with Gasteiger partial charge in [-0.15, -0.1) is 0 Å². The van der Waals surface area contributed by atoms with E-state index in [4.69, 9.17) is 4.43 Å². The van der Waals surface area contributed by atoms with Gasteiger partial charge in [0, 0.05) is 6.42 Å². The van der Waals surface area contributed by atoms with E-state index in [-0.39, 0.29) is 16.9 Å². The molecule has 0 aliphatic heterocycles. The minimum absolute atomic E-state index is 0.0524. The number of Topliss-reactive ketones (excluding diaryl/α,β-unsaturated/α-hetero) is 1. The Morgan fingerprint density at radius 1 is 1.38 bits per heavy atom. The smallest absolute Gasteiger partial charge is 0.192 e. The summed E-state index contributed by atoms with van der Waals surface area (Å²) in [6.07, 6.45) is 4.38. The Bertz CT molecular complexity index is 262. The molecule has 0 amide bonds. The third kappa shape index (κ3) is 5.08. The lowest BCUT2D eigenvalue weighted by Gasteiger charge is -2.38. The molecule has 0 fully saturated rings. The van der Waals surface area contributed by atoms with Crippen LogP contribution in [-0.2, 0) is 9.22 Å². The Kier molecular flexibility index (Phi) is 5.63. The van der Waals surface area contributed by atoms with Crippen molar-refractivity contribution in [1.29, 1.82) is 0 Å². The molecule has 0 spiro atoms. The summed E-state index contributed by atoms with van der Waals surface area (Å²) in [6.45, 7) is 14.6. The standard InChI is InChI=1S/C13H26O2Si/c1-8-9-12(10-11(2)14)15-16(6,7)13(3,4)5/h8-9,12H,10H2,1-7H3/b9-8+/t12-/m0/s1. The van der Waals surface area contributed by atoms with E-state index in [1.807, 2.05) is 19.1 Å². The summed E-state index contributed by atoms with van der Waals surface area (Å²) < 4.78 is 6.18. The Hall–Kier alpha value is -0.413. The highest BCUT2D eigenvalue weighted by atomic mass is 28.4. The molecule has 0 rings (SSSR count). The van der Waals surface area contributed by atoms with Gasteiger partial charge in [-0.1, -0.05) is 32.9 Å². The van der Waals surface area contributed by atoms with Crippen molar-refractivity contribution in [3.63, 3.8) is 0 Å². The summed E-state index contributed by atoms with van der Waals surface area (Å²) in [6, 6.07) is 0. The maximum atomic E-state index is 11.2. The number of hydrogen-bond donors (Lipinski definition) is 0. The number of hydrogen-bond acceptors (Lipinski definition) is 2. The summed E-state index contributed by atoms with van der Waals surface area (Å²) in [4.78, 5) is 11.2. The van der Waals surface area contributed by atoms with E-state index in [2.05, 4.69) is 33.9 Å². The van der Waals surface area contributed by atoms with Crippen molar-refractivity contribution in [2.75, 3.05) is 0 Å². The summed E-state index contributed by atoms with van der Waals surface area (Å²) in [5.41, 5.74) is 0. The quantitative estimate of drug-likeness (QED) is 0.539. The topological polar surface area (TPSA) is 26.3 Å². The number of carbonyl (C=O) groups excluding carboxylic acids is 1. The highest BCUT2D eigenvalue weighted by Gasteiger charge is 2.38. The van der Waals surface area contributed by atoms with Gasteiger partial charge < -0.3 is 4.43 Å². The molecule has 0 N–H and O–H groups in total. The van der Waals surface area contributed by atoms with Crippen LogP contribution < -0.4 is 0 Å². The first kappa shape index (κ1) is 15.6. The summed E-state index contributed by atoms with van der Waals surface area (Å²) in [5.74, 6) is 0.182. The van der Waals surface area contributed by atoms with Gasteiger partial charge in [0.2, 0.25) is 0 Å². The molecular weight excluding hydrogens is 216 g/mol. The Balaban J connectivity index is 4.68. The molecule has 2 nitrogen and oxygen atoms in total. The van der Waals surface area contributed by atoms with Crippen molar-refractivity contribution in [2.24, 2.45) is 0 Å². The molecule has 0 saturated carbocycles. The second-order valence-corrected chi connectivity index (χ2v) is 10.6. The summed E-state index contributed by atoms with van der Waals surface area (Å²) >= 11 is 0. The maximum Gasteiger partial charge on any atom is 0.192 e. The average molecular weight is 242 g/mol. The van der Waals surface area contributed by atoms with Gasteiger partial charge in [0.15, 0.2) is 8.32 Å². The van der Waals surface area contributed by atoms with E-state index in [1.165, 1.54) is 0 Å². The van der Waals surface area contributed by atoms with Gasteiger partial charge in [-0.2, -0.15) is 0 Å². The van der Waals surface area contributed by atoms with Gasteiger partial charge >= 0.3 is 0 Å². The van der Waals surface area contributed by atoms with Crippen LogP contribution in [0.3, 0.4) is 0 Å². The molecule has 0 aromatic heterocycles. The van der Waals surface area contributed by atoms with E-state index < -0.39 is 8.32 Å². The summed E-state index contributed by atoms with van der Waals surface area (Å²) in [5, 5.41) is 0.184. The fourth-order valence-corrected chi connectivity index (χ4v) is 2.47. The molecule has 0 aliphatic rings. The molecular formula is C13H26O2Si. The molecule has 0 aromatic rings. The van der Waals surface area contributed by atoms with Gasteiger partial charge in [0.25, 0.3) is 0 Å². The lowest BCUT2D eigenvalue weighted by Crippen LogP contribution is -2.43. The predicted octanol–water partition coefficient (Wildman–Crippen LogP) is 3.93. The van der Waals surface area contributed by atoms with Crippen LogP contribution in [-0.4, -0.2) is 20.2 Å². The molecule has 0 aliphatic carbocycles. The van der Waals surface area contributed by atoms with Crippen LogP contribution in [0.15, 0.2) is 12.2 Å². The number of carbonyl (C=O) groups is 1. The fourth-order valence-electron chi connectivity index (χ4n) is 1.20. The highest BCUT2D eigenvalue weighted by Crippen LogP contribution is 2.37. The monoisotopic (exact) mass is 242 g/mol. The van der Waals surface area contributed by atoms with E-state index in [9.17, 15) is 4.79 Å². The molecule has 0 bridgehead atoms. The van der Waals surface area contributed by atoms with Gasteiger partial charge in [-0.3, -0.25) is 4.79 Å². The minimum Gasteiger partial charge on any atom is -0.410 e. The van der Waals surface area contributed by atoms with Crippen molar-refractivity contribution in [2.45, 2.75) is 65.3 Å². The molecule has 0 radical (unpaired) electrons. The molecule has 0 aromatic carbocycles. The van der Waals surface area contributed by atoms with Crippen molar-refractivity contribution < 1.29 is 9.22 Å². The van der Waals surface area contributed by atoms with Crippen molar-refractivity contribution >= 4 is 14.1 Å². The van der Waals surface area contributed by atoms with Crippen LogP contribution in [0.1, 0.15) is 41.0 Å². The highest BCUT2D eigenvalue weighted by molar-refractivity contribution is 6.74. The minimum atomic E-state index is -1.78. The van der Waals surface area contributed by atoms with E-state index >= 15 is 0 Å². The Labute approximate surface area is 101 Å². The van der Waals surface area contributed by atoms with Gasteiger partial charge in [0.05, 0.1) is 6.10 Å². The van der Waals surface area contributed by atoms with Crippen molar-refractivity contribution in [3.05, 3.63) is 12.2 Å². The number of allylic oxidation sites excluding steroid dienone is 1. The van der Waals surface area contributed by atoms with E-state index in [0.717, 1.165) is 0 Å². The van der Waals surface area contributed by atoms with E-state index in [0.29, 0.717) is 6.42 Å². The van der Waals surface area contributed by atoms with Crippen molar-refractivity contribution in [1.82, 2.24) is 0 Å². The fraction of sp³-hybridized carbons (Fsp3) is 0.769. The Morgan fingerprint density at radius 3 is 2.19 bits per heavy atom. The SMILES string of the molecule is C/C=C/[C@@H](CC(C)=O)O[Si](C)(C)C(C)(C)C. The lowest BCUT2D eigenvalue weighted by molar-refractivity contribution is -0.118. The van der Waals surface area contributed by atoms with E-state index in [1.54, 1.807) is 6.92 Å². The zero-order chi connectivity index (χ0) is 13.0. The first-order valence-corrected chi connectivity index (χ1v) is 8.81. The molecule has 94 valence electrons. The van der Waals surface area contributed by atoms with Crippen molar-refractivity contribution in [3.8, 4) is 0 Å². The molecule has 1 atom stereocenters. The second kappa shape index (κ2) is 5.78. The molecule has 3 heteroatoms. The third-order valence-corrected chi connectivity index (χ3v) is 7.65.